The second-order valence-corrected chi connectivity index (χ2v) is 5.99. The lowest BCUT2D eigenvalue weighted by molar-refractivity contribution is 1.19. The fourth-order valence-electron chi connectivity index (χ4n) is 2.01. The third kappa shape index (κ3) is 3.90. The normalized spacial score (nSPS) is 11.0. The molecule has 4 N–H and O–H groups in total. The summed E-state index contributed by atoms with van der Waals surface area (Å²) < 4.78 is 0. The summed E-state index contributed by atoms with van der Waals surface area (Å²) in [4.78, 5) is 1.94. The van der Waals surface area contributed by atoms with Crippen molar-refractivity contribution in [1.29, 1.82) is 0 Å². The topological polar surface area (TPSA) is 76.8 Å². The second-order valence-electron chi connectivity index (χ2n) is 4.90. The number of nitrogens with zero attached hydrogens (tertiary/aromatic N) is 2. The molecule has 114 valence electrons. The summed E-state index contributed by atoms with van der Waals surface area (Å²) in [5, 5.41) is 8.63. The lowest BCUT2D eigenvalue weighted by atomic mass is 10.3. The zero-order valence-electron chi connectivity index (χ0n) is 12.4. The molecular formula is C18H16N4S. The van der Waals surface area contributed by atoms with Crippen molar-refractivity contribution >= 4 is 34.5 Å². The predicted octanol–water partition coefficient (Wildman–Crippen LogP) is 5.42. The van der Waals surface area contributed by atoms with Crippen LogP contribution >= 0.6 is 11.8 Å². The smallest absolute Gasteiger partial charge is 0.0996 e. The van der Waals surface area contributed by atoms with Gasteiger partial charge in [-0.25, -0.2) is 0 Å². The van der Waals surface area contributed by atoms with Gasteiger partial charge >= 0.3 is 0 Å². The van der Waals surface area contributed by atoms with Crippen molar-refractivity contribution in [2.75, 3.05) is 11.5 Å². The largest absolute Gasteiger partial charge is 0.399 e. The molecule has 4 nitrogen and oxygen atoms in total. The van der Waals surface area contributed by atoms with E-state index < -0.39 is 0 Å². The average Bonchev–Trinajstić information content (AvgIpc) is 2.57. The Kier molecular flexibility index (Phi) is 4.59. The van der Waals surface area contributed by atoms with Gasteiger partial charge in [-0.1, -0.05) is 42.1 Å². The number of benzene rings is 3. The molecule has 0 unspecified atom stereocenters. The summed E-state index contributed by atoms with van der Waals surface area (Å²) in [5.74, 6) is 0. The molecule has 0 aromatic heterocycles. The molecule has 0 fully saturated rings. The van der Waals surface area contributed by atoms with Crippen LogP contribution in [0.2, 0.25) is 0 Å². The van der Waals surface area contributed by atoms with Crippen LogP contribution in [-0.4, -0.2) is 0 Å². The van der Waals surface area contributed by atoms with E-state index in [2.05, 4.69) is 10.2 Å². The molecule has 0 aliphatic carbocycles. The van der Waals surface area contributed by atoms with Gasteiger partial charge in [0.25, 0.3) is 0 Å². The SMILES string of the molecule is Nc1ccc(Sc2ccccc2N=Nc2ccccc2)c(N)c1. The molecule has 0 amide bonds. The average molecular weight is 320 g/mol. The molecule has 0 saturated heterocycles. The van der Waals surface area contributed by atoms with E-state index >= 15 is 0 Å². The first-order valence-corrected chi connectivity index (χ1v) is 7.93. The minimum Gasteiger partial charge on any atom is -0.399 e. The Labute approximate surface area is 139 Å². The van der Waals surface area contributed by atoms with Crippen molar-refractivity contribution < 1.29 is 0 Å². The van der Waals surface area contributed by atoms with Gasteiger partial charge in [0.2, 0.25) is 0 Å². The highest BCUT2D eigenvalue weighted by Gasteiger charge is 2.06. The van der Waals surface area contributed by atoms with E-state index in [0.717, 1.165) is 21.2 Å². The third-order valence-electron chi connectivity index (χ3n) is 3.15. The number of anilines is 2. The maximum Gasteiger partial charge on any atom is 0.0996 e. The first kappa shape index (κ1) is 15.1. The Bertz CT molecular complexity index is 831. The second kappa shape index (κ2) is 6.98. The number of nitrogens with two attached hydrogens (primary N) is 2. The van der Waals surface area contributed by atoms with Gasteiger partial charge in [0.15, 0.2) is 0 Å². The lowest BCUT2D eigenvalue weighted by Gasteiger charge is -2.08. The first-order chi connectivity index (χ1) is 11.2. The Morgan fingerprint density at radius 2 is 1.43 bits per heavy atom. The van der Waals surface area contributed by atoms with Crippen molar-refractivity contribution in [3.05, 3.63) is 72.8 Å². The van der Waals surface area contributed by atoms with Crippen molar-refractivity contribution in [1.82, 2.24) is 0 Å². The molecule has 3 rings (SSSR count). The quantitative estimate of drug-likeness (QED) is 0.498. The molecular weight excluding hydrogens is 304 g/mol. The van der Waals surface area contributed by atoms with Gasteiger partial charge < -0.3 is 11.5 Å². The van der Waals surface area contributed by atoms with Crippen LogP contribution in [0.25, 0.3) is 0 Å². The van der Waals surface area contributed by atoms with Gasteiger partial charge in [-0.15, -0.1) is 5.11 Å². The van der Waals surface area contributed by atoms with Crippen LogP contribution in [0.4, 0.5) is 22.7 Å². The van der Waals surface area contributed by atoms with Crippen molar-refractivity contribution in [3.8, 4) is 0 Å². The van der Waals surface area contributed by atoms with Crippen LogP contribution in [0.15, 0.2) is 92.8 Å². The van der Waals surface area contributed by atoms with Crippen LogP contribution in [0.5, 0.6) is 0 Å². The Morgan fingerprint density at radius 3 is 2.22 bits per heavy atom. The van der Waals surface area contributed by atoms with Gasteiger partial charge in [-0.05, 0) is 42.5 Å². The van der Waals surface area contributed by atoms with E-state index in [0.29, 0.717) is 11.4 Å². The van der Waals surface area contributed by atoms with E-state index in [1.165, 1.54) is 0 Å². The van der Waals surface area contributed by atoms with Gasteiger partial charge in [-0.2, -0.15) is 5.11 Å². The van der Waals surface area contributed by atoms with E-state index in [4.69, 9.17) is 11.5 Å². The van der Waals surface area contributed by atoms with Gasteiger partial charge in [-0.3, -0.25) is 0 Å². The van der Waals surface area contributed by atoms with E-state index in [1.807, 2.05) is 66.7 Å². The summed E-state index contributed by atoms with van der Waals surface area (Å²) in [7, 11) is 0. The monoisotopic (exact) mass is 320 g/mol. The van der Waals surface area contributed by atoms with Crippen molar-refractivity contribution in [2.45, 2.75) is 9.79 Å². The van der Waals surface area contributed by atoms with Crippen LogP contribution < -0.4 is 11.5 Å². The van der Waals surface area contributed by atoms with Crippen LogP contribution in [0.3, 0.4) is 0 Å². The van der Waals surface area contributed by atoms with Gasteiger partial charge in [0, 0.05) is 21.2 Å². The minimum atomic E-state index is 0.656. The standard InChI is InChI=1S/C18H16N4S/c19-13-10-11-17(15(20)12-13)23-18-9-5-4-8-16(18)22-21-14-6-2-1-3-7-14/h1-12H,19-20H2. The first-order valence-electron chi connectivity index (χ1n) is 7.11. The number of hydrogen-bond donors (Lipinski definition) is 2. The molecule has 0 saturated carbocycles. The predicted molar refractivity (Wildman–Crippen MR) is 96.4 cm³/mol. The molecule has 0 heterocycles. The fraction of sp³-hybridized carbons (Fsp3) is 0. The van der Waals surface area contributed by atoms with E-state index in [-0.39, 0.29) is 0 Å². The highest BCUT2D eigenvalue weighted by Crippen LogP contribution is 2.38. The number of rotatable bonds is 4. The molecule has 3 aromatic rings. The molecule has 5 heteroatoms. The maximum atomic E-state index is 6.03. The van der Waals surface area contributed by atoms with Crippen LogP contribution in [-0.2, 0) is 0 Å². The molecule has 0 spiro atoms. The molecule has 0 radical (unpaired) electrons. The summed E-state index contributed by atoms with van der Waals surface area (Å²) in [6.07, 6.45) is 0. The summed E-state index contributed by atoms with van der Waals surface area (Å²) in [5.41, 5.74) is 14.7. The molecule has 0 atom stereocenters. The molecule has 23 heavy (non-hydrogen) atoms. The molecule has 0 aliphatic rings. The van der Waals surface area contributed by atoms with Gasteiger partial charge in [0.1, 0.15) is 0 Å². The highest BCUT2D eigenvalue weighted by molar-refractivity contribution is 7.99. The van der Waals surface area contributed by atoms with Crippen molar-refractivity contribution in [3.63, 3.8) is 0 Å². The highest BCUT2D eigenvalue weighted by atomic mass is 32.2. The van der Waals surface area contributed by atoms with E-state index in [9.17, 15) is 0 Å². The Hall–Kier alpha value is -2.79. The Balaban J connectivity index is 1.87. The molecule has 0 aliphatic heterocycles. The number of hydrogen-bond acceptors (Lipinski definition) is 5. The summed E-state index contributed by atoms with van der Waals surface area (Å²) in [6, 6.07) is 23.0. The van der Waals surface area contributed by atoms with Crippen molar-refractivity contribution in [2.24, 2.45) is 10.2 Å². The summed E-state index contributed by atoms with van der Waals surface area (Å²) in [6.45, 7) is 0. The molecule has 3 aromatic carbocycles. The number of azo groups is 1. The fourth-order valence-corrected chi connectivity index (χ4v) is 2.92. The molecule has 0 bridgehead atoms. The maximum absolute atomic E-state index is 6.03. The zero-order valence-corrected chi connectivity index (χ0v) is 13.2. The third-order valence-corrected chi connectivity index (χ3v) is 4.31. The number of nitrogen functional groups attached to an aromatic ring is 2. The Morgan fingerprint density at radius 1 is 0.696 bits per heavy atom. The van der Waals surface area contributed by atoms with E-state index in [1.54, 1.807) is 17.8 Å². The minimum absolute atomic E-state index is 0.656. The summed E-state index contributed by atoms with van der Waals surface area (Å²) >= 11 is 1.55. The zero-order chi connectivity index (χ0) is 16.1. The van der Waals surface area contributed by atoms with Gasteiger partial charge in [0.05, 0.1) is 11.4 Å². The van der Waals surface area contributed by atoms with Crippen LogP contribution in [0.1, 0.15) is 0 Å². The lowest BCUT2D eigenvalue weighted by Crippen LogP contribution is -1.91. The van der Waals surface area contributed by atoms with Crippen LogP contribution in [0, 0.1) is 0 Å².